The number of esters is 2. The third-order valence-corrected chi connectivity index (χ3v) is 3.12. The predicted molar refractivity (Wildman–Crippen MR) is 77.1 cm³/mol. The summed E-state index contributed by atoms with van der Waals surface area (Å²) in [6.45, 7) is 1.90. The van der Waals surface area contributed by atoms with Crippen molar-refractivity contribution in [1.82, 2.24) is 4.98 Å². The number of halogens is 1. The van der Waals surface area contributed by atoms with E-state index in [1.54, 1.807) is 6.07 Å². The van der Waals surface area contributed by atoms with E-state index in [-0.39, 0.29) is 17.3 Å². The van der Waals surface area contributed by atoms with Gasteiger partial charge in [-0.1, -0.05) is 15.9 Å². The molecule has 0 aliphatic carbocycles. The van der Waals surface area contributed by atoms with E-state index in [4.69, 9.17) is 4.42 Å². The van der Waals surface area contributed by atoms with Crippen molar-refractivity contribution < 1.29 is 23.5 Å². The Morgan fingerprint density at radius 3 is 2.38 bits per heavy atom. The van der Waals surface area contributed by atoms with E-state index in [1.807, 2.05) is 19.1 Å². The molecule has 6 nitrogen and oxygen atoms in total. The number of oxazole rings is 1. The van der Waals surface area contributed by atoms with Crippen LogP contribution in [0.15, 0.2) is 27.1 Å². The molecule has 21 heavy (non-hydrogen) atoms. The Kier molecular flexibility index (Phi) is 4.42. The second kappa shape index (κ2) is 6.09. The molecule has 0 saturated carbocycles. The van der Waals surface area contributed by atoms with Gasteiger partial charge in [0.15, 0.2) is 0 Å². The molecule has 0 spiro atoms. The van der Waals surface area contributed by atoms with E-state index in [1.165, 1.54) is 14.2 Å². The predicted octanol–water partition coefficient (Wildman–Crippen LogP) is 2.99. The van der Waals surface area contributed by atoms with Crippen molar-refractivity contribution >= 4 is 27.9 Å². The number of rotatable bonds is 3. The van der Waals surface area contributed by atoms with Gasteiger partial charge in [-0.2, -0.15) is 0 Å². The van der Waals surface area contributed by atoms with Crippen molar-refractivity contribution in [3.05, 3.63) is 39.7 Å². The van der Waals surface area contributed by atoms with Crippen LogP contribution < -0.4 is 0 Å². The molecule has 7 heteroatoms. The number of carbonyl (C=O) groups is 2. The average Bonchev–Trinajstić information content (AvgIpc) is 2.89. The van der Waals surface area contributed by atoms with E-state index >= 15 is 0 Å². The first-order chi connectivity index (χ1) is 9.96. The number of hydrogen-bond acceptors (Lipinski definition) is 6. The minimum Gasteiger partial charge on any atom is -0.464 e. The Bertz CT molecular complexity index is 654. The molecule has 0 bridgehead atoms. The molecule has 0 atom stereocenters. The molecular formula is C14H12BrNO5. The highest BCUT2D eigenvalue weighted by Gasteiger charge is 2.27. The largest absolute Gasteiger partial charge is 0.464 e. The lowest BCUT2D eigenvalue weighted by Crippen LogP contribution is -2.10. The van der Waals surface area contributed by atoms with Gasteiger partial charge in [0.1, 0.15) is 0 Å². The zero-order valence-corrected chi connectivity index (χ0v) is 13.2. The highest BCUT2D eigenvalue weighted by atomic mass is 79.9. The van der Waals surface area contributed by atoms with Crippen molar-refractivity contribution in [2.24, 2.45) is 0 Å². The van der Waals surface area contributed by atoms with Crippen LogP contribution in [0.1, 0.15) is 26.6 Å². The monoisotopic (exact) mass is 353 g/mol. The van der Waals surface area contributed by atoms with E-state index < -0.39 is 11.9 Å². The average molecular weight is 354 g/mol. The van der Waals surface area contributed by atoms with Crippen LogP contribution in [0.5, 0.6) is 0 Å². The Hall–Kier alpha value is -2.15. The Morgan fingerprint density at radius 1 is 1.14 bits per heavy atom. The highest BCUT2D eigenvalue weighted by Crippen LogP contribution is 2.27. The second-order valence-corrected chi connectivity index (χ2v) is 5.11. The molecule has 0 N–H and O–H groups in total. The lowest BCUT2D eigenvalue weighted by atomic mass is 10.1. The Balaban J connectivity index is 2.57. The first-order valence-corrected chi connectivity index (χ1v) is 6.70. The summed E-state index contributed by atoms with van der Waals surface area (Å²) in [5.74, 6) is -1.70. The minimum atomic E-state index is -0.791. The first kappa shape index (κ1) is 15.2. The zero-order chi connectivity index (χ0) is 15.6. The molecule has 0 fully saturated rings. The van der Waals surface area contributed by atoms with Crippen molar-refractivity contribution in [2.75, 3.05) is 14.2 Å². The second-order valence-electron chi connectivity index (χ2n) is 4.20. The SMILES string of the molecule is COC(=O)c1nc(-c2cc(C)cc(Br)c2)oc1C(=O)OC. The number of nitrogens with zero attached hydrogens (tertiary/aromatic N) is 1. The smallest absolute Gasteiger partial charge is 0.376 e. The number of carbonyl (C=O) groups excluding carboxylic acids is 2. The first-order valence-electron chi connectivity index (χ1n) is 5.91. The summed E-state index contributed by atoms with van der Waals surface area (Å²) < 4.78 is 15.4. The minimum absolute atomic E-state index is 0.139. The molecule has 1 aromatic heterocycles. The number of methoxy groups -OCH3 is 2. The molecule has 110 valence electrons. The maximum Gasteiger partial charge on any atom is 0.376 e. The van der Waals surface area contributed by atoms with Crippen LogP contribution in [0.3, 0.4) is 0 Å². The van der Waals surface area contributed by atoms with E-state index in [0.717, 1.165) is 10.0 Å². The topological polar surface area (TPSA) is 78.6 Å². The maximum absolute atomic E-state index is 11.7. The number of aromatic nitrogens is 1. The van der Waals surface area contributed by atoms with Crippen molar-refractivity contribution in [3.63, 3.8) is 0 Å². The van der Waals surface area contributed by atoms with Gasteiger partial charge in [0, 0.05) is 10.0 Å². The standard InChI is InChI=1S/C14H12BrNO5/c1-7-4-8(6-9(15)5-7)12-16-10(13(17)19-2)11(21-12)14(18)20-3/h4-6H,1-3H3. The fraction of sp³-hybridized carbons (Fsp3) is 0.214. The fourth-order valence-corrected chi connectivity index (χ4v) is 2.38. The third-order valence-electron chi connectivity index (χ3n) is 2.67. The summed E-state index contributed by atoms with van der Waals surface area (Å²) in [6, 6.07) is 5.49. The van der Waals surface area contributed by atoms with Crippen LogP contribution in [-0.4, -0.2) is 31.1 Å². The zero-order valence-electron chi connectivity index (χ0n) is 11.6. The maximum atomic E-state index is 11.7. The van der Waals surface area contributed by atoms with Crippen LogP contribution in [0, 0.1) is 6.92 Å². The number of benzene rings is 1. The van der Waals surface area contributed by atoms with Crippen molar-refractivity contribution in [1.29, 1.82) is 0 Å². The summed E-state index contributed by atoms with van der Waals surface area (Å²) in [5.41, 5.74) is 1.39. The summed E-state index contributed by atoms with van der Waals surface area (Å²) in [4.78, 5) is 27.4. The van der Waals surface area contributed by atoms with Crippen LogP contribution in [0.4, 0.5) is 0 Å². The Labute approximate surface area is 129 Å². The fourth-order valence-electron chi connectivity index (χ4n) is 1.77. The molecular weight excluding hydrogens is 342 g/mol. The van der Waals surface area contributed by atoms with E-state index in [0.29, 0.717) is 5.56 Å². The molecule has 0 aliphatic heterocycles. The number of hydrogen-bond donors (Lipinski definition) is 0. The normalized spacial score (nSPS) is 10.3. The molecule has 0 aliphatic rings. The van der Waals surface area contributed by atoms with Crippen LogP contribution in [0.25, 0.3) is 11.5 Å². The quantitative estimate of drug-likeness (QED) is 0.789. The lowest BCUT2D eigenvalue weighted by Gasteiger charge is -1.99. The van der Waals surface area contributed by atoms with Gasteiger partial charge in [0.2, 0.25) is 17.3 Å². The summed E-state index contributed by atoms with van der Waals surface area (Å²) in [5, 5.41) is 0. The van der Waals surface area contributed by atoms with Crippen LogP contribution in [0.2, 0.25) is 0 Å². The molecule has 2 rings (SSSR count). The van der Waals surface area contributed by atoms with E-state index in [9.17, 15) is 9.59 Å². The molecule has 1 heterocycles. The van der Waals surface area contributed by atoms with Gasteiger partial charge >= 0.3 is 11.9 Å². The van der Waals surface area contributed by atoms with Gasteiger partial charge in [-0.15, -0.1) is 0 Å². The molecule has 0 radical (unpaired) electrons. The van der Waals surface area contributed by atoms with Gasteiger partial charge in [0.25, 0.3) is 0 Å². The van der Waals surface area contributed by atoms with Gasteiger partial charge < -0.3 is 13.9 Å². The number of ether oxygens (including phenoxy) is 2. The van der Waals surface area contributed by atoms with Gasteiger partial charge in [-0.05, 0) is 30.7 Å². The summed E-state index contributed by atoms with van der Waals surface area (Å²) >= 11 is 3.37. The number of aryl methyl sites for hydroxylation is 1. The molecule has 0 unspecified atom stereocenters. The lowest BCUT2D eigenvalue weighted by molar-refractivity contribution is 0.0527. The molecule has 2 aromatic rings. The van der Waals surface area contributed by atoms with Gasteiger partial charge in [0.05, 0.1) is 14.2 Å². The van der Waals surface area contributed by atoms with Gasteiger partial charge in [-0.25, -0.2) is 14.6 Å². The summed E-state index contributed by atoms with van der Waals surface area (Å²) in [6.07, 6.45) is 0. The van der Waals surface area contributed by atoms with Crippen molar-refractivity contribution in [2.45, 2.75) is 6.92 Å². The third kappa shape index (κ3) is 3.13. The Morgan fingerprint density at radius 2 is 1.81 bits per heavy atom. The van der Waals surface area contributed by atoms with Crippen LogP contribution >= 0.6 is 15.9 Å². The van der Waals surface area contributed by atoms with Crippen LogP contribution in [-0.2, 0) is 9.47 Å². The van der Waals surface area contributed by atoms with Gasteiger partial charge in [-0.3, -0.25) is 0 Å². The highest BCUT2D eigenvalue weighted by molar-refractivity contribution is 9.10. The molecule has 0 amide bonds. The van der Waals surface area contributed by atoms with Crippen molar-refractivity contribution in [3.8, 4) is 11.5 Å². The molecule has 0 saturated heterocycles. The summed E-state index contributed by atoms with van der Waals surface area (Å²) in [7, 11) is 2.38. The van der Waals surface area contributed by atoms with E-state index in [2.05, 4.69) is 30.4 Å². The molecule has 1 aromatic carbocycles.